The van der Waals surface area contributed by atoms with E-state index in [-0.39, 0.29) is 19.4 Å². The van der Waals surface area contributed by atoms with Gasteiger partial charge in [0.1, 0.15) is 23.6 Å². The van der Waals surface area contributed by atoms with E-state index in [9.17, 15) is 22.8 Å². The van der Waals surface area contributed by atoms with Crippen molar-refractivity contribution in [2.45, 2.75) is 76.2 Å². The predicted octanol–water partition coefficient (Wildman–Crippen LogP) is 6.94. The number of pyridine rings is 1. The number of morpholine rings is 1. The number of aromatic nitrogens is 3. The SMILES string of the molecule is CC(C)(C)OC(=O)Nc1cc(C(F)(F)F)c2nc1-c1nnc(o1)C(OCc1ccccc1)(C(F)(F)F)CC/C=C\C[C@@H]1COCC(=O)N21. The fourth-order valence-electron chi connectivity index (χ4n) is 5.17. The second kappa shape index (κ2) is 13.2. The number of nitrogens with one attached hydrogen (secondary N) is 1. The lowest BCUT2D eigenvalue weighted by Gasteiger charge is -2.36. The summed E-state index contributed by atoms with van der Waals surface area (Å²) >= 11 is 0. The molecule has 2 aliphatic rings. The van der Waals surface area contributed by atoms with E-state index in [1.165, 1.54) is 32.9 Å². The highest BCUT2D eigenvalue weighted by atomic mass is 19.4. The van der Waals surface area contributed by atoms with Gasteiger partial charge in [0.25, 0.3) is 17.7 Å². The number of ether oxygens (including phenoxy) is 3. The average molecular weight is 684 g/mol. The minimum atomic E-state index is -5.12. The number of anilines is 2. The first-order valence-electron chi connectivity index (χ1n) is 14.7. The van der Waals surface area contributed by atoms with E-state index in [0.29, 0.717) is 11.6 Å². The average Bonchev–Trinajstić information content (AvgIpc) is 3.47. The second-order valence-corrected chi connectivity index (χ2v) is 12.1. The number of amides is 2. The largest absolute Gasteiger partial charge is 0.444 e. The van der Waals surface area contributed by atoms with Crippen molar-refractivity contribution in [3.63, 3.8) is 0 Å². The highest BCUT2D eigenvalue weighted by Crippen LogP contribution is 2.48. The molecule has 1 N–H and O–H groups in total. The Hall–Kier alpha value is -4.51. The molecule has 4 heterocycles. The highest BCUT2D eigenvalue weighted by Gasteiger charge is 2.61. The Kier molecular flexibility index (Phi) is 9.56. The summed E-state index contributed by atoms with van der Waals surface area (Å²) < 4.78 is 111. The van der Waals surface area contributed by atoms with Gasteiger partial charge in [-0.2, -0.15) is 26.3 Å². The molecule has 17 heteroatoms. The number of hydrogen-bond acceptors (Lipinski definition) is 9. The van der Waals surface area contributed by atoms with Crippen LogP contribution in [0, 0.1) is 0 Å². The van der Waals surface area contributed by atoms with Gasteiger partial charge in [0.05, 0.1) is 24.9 Å². The maximum atomic E-state index is 15.1. The quantitative estimate of drug-likeness (QED) is 0.230. The van der Waals surface area contributed by atoms with Crippen molar-refractivity contribution in [3.05, 3.63) is 65.6 Å². The van der Waals surface area contributed by atoms with Gasteiger partial charge in [-0.25, -0.2) is 9.78 Å². The summed E-state index contributed by atoms with van der Waals surface area (Å²) in [6.45, 7) is 3.27. The molecule has 0 saturated carbocycles. The zero-order valence-corrected chi connectivity index (χ0v) is 25.9. The third-order valence-electron chi connectivity index (χ3n) is 7.34. The number of allylic oxidation sites excluding steroid dienone is 1. The van der Waals surface area contributed by atoms with Crippen molar-refractivity contribution in [2.75, 3.05) is 23.4 Å². The molecular weight excluding hydrogens is 652 g/mol. The number of carbonyl (C=O) groups is 2. The Labute approximate surface area is 270 Å². The molecule has 258 valence electrons. The molecule has 1 unspecified atom stereocenters. The van der Waals surface area contributed by atoms with Crippen LogP contribution in [0.4, 0.5) is 42.6 Å². The van der Waals surface area contributed by atoms with Crippen LogP contribution >= 0.6 is 0 Å². The van der Waals surface area contributed by atoms with E-state index in [1.54, 1.807) is 30.3 Å². The van der Waals surface area contributed by atoms with Crippen LogP contribution in [-0.4, -0.2) is 58.2 Å². The normalized spacial score (nSPS) is 21.2. The van der Waals surface area contributed by atoms with Crippen molar-refractivity contribution in [1.82, 2.24) is 15.2 Å². The molecule has 1 aromatic carbocycles. The molecular formula is C31H31F6N5O6. The summed E-state index contributed by atoms with van der Waals surface area (Å²) in [4.78, 5) is 30.7. The first-order valence-corrected chi connectivity index (χ1v) is 14.7. The zero-order chi connectivity index (χ0) is 34.9. The number of hydrogen-bond donors (Lipinski definition) is 1. The van der Waals surface area contributed by atoms with Gasteiger partial charge >= 0.3 is 18.4 Å². The van der Waals surface area contributed by atoms with Crippen LogP contribution in [0.25, 0.3) is 11.6 Å². The van der Waals surface area contributed by atoms with Gasteiger partial charge in [0.15, 0.2) is 5.69 Å². The van der Waals surface area contributed by atoms with Crippen molar-refractivity contribution >= 4 is 23.5 Å². The second-order valence-electron chi connectivity index (χ2n) is 12.1. The lowest BCUT2D eigenvalue weighted by atomic mass is 9.95. The van der Waals surface area contributed by atoms with Crippen molar-refractivity contribution in [3.8, 4) is 11.6 Å². The summed E-state index contributed by atoms with van der Waals surface area (Å²) in [7, 11) is 0. The van der Waals surface area contributed by atoms with Crippen LogP contribution in [0.15, 0.2) is 53.0 Å². The predicted molar refractivity (Wildman–Crippen MR) is 156 cm³/mol. The lowest BCUT2D eigenvalue weighted by Crippen LogP contribution is -2.50. The third-order valence-corrected chi connectivity index (χ3v) is 7.34. The monoisotopic (exact) mass is 683 g/mol. The number of benzene rings is 1. The highest BCUT2D eigenvalue weighted by molar-refractivity contribution is 5.97. The zero-order valence-electron chi connectivity index (χ0n) is 25.9. The number of halogens is 6. The topological polar surface area (TPSA) is 129 Å². The van der Waals surface area contributed by atoms with Gasteiger partial charge < -0.3 is 18.6 Å². The molecule has 2 amide bonds. The fraction of sp³-hybridized carbons (Fsp3) is 0.452. The van der Waals surface area contributed by atoms with Crippen molar-refractivity contribution in [2.24, 2.45) is 0 Å². The Morgan fingerprint density at radius 2 is 1.81 bits per heavy atom. The van der Waals surface area contributed by atoms with Crippen LogP contribution < -0.4 is 10.2 Å². The Balaban J connectivity index is 1.73. The summed E-state index contributed by atoms with van der Waals surface area (Å²) in [5, 5.41) is 9.53. The van der Waals surface area contributed by atoms with Gasteiger partial charge in [0.2, 0.25) is 5.60 Å². The Morgan fingerprint density at radius 1 is 1.08 bits per heavy atom. The number of fused-ring (bicyclic) bond motifs is 7. The minimum absolute atomic E-state index is 0.0831. The molecule has 0 spiro atoms. The first kappa shape index (κ1) is 34.8. The van der Waals surface area contributed by atoms with Gasteiger partial charge in [-0.3, -0.25) is 15.0 Å². The molecule has 0 radical (unpaired) electrons. The molecule has 11 nitrogen and oxygen atoms in total. The molecule has 2 aliphatic heterocycles. The van der Waals surface area contributed by atoms with E-state index in [1.807, 2.05) is 0 Å². The molecule has 3 aromatic rings. The molecule has 48 heavy (non-hydrogen) atoms. The fourth-order valence-corrected chi connectivity index (χ4v) is 5.17. The van der Waals surface area contributed by atoms with Crippen LogP contribution in [0.5, 0.6) is 0 Å². The van der Waals surface area contributed by atoms with Crippen LogP contribution in [0.3, 0.4) is 0 Å². The molecule has 2 aromatic heterocycles. The van der Waals surface area contributed by atoms with Crippen LogP contribution in [-0.2, 0) is 37.4 Å². The van der Waals surface area contributed by atoms with E-state index in [2.05, 4.69) is 20.5 Å². The van der Waals surface area contributed by atoms with E-state index >= 15 is 13.2 Å². The van der Waals surface area contributed by atoms with Crippen LogP contribution in [0.1, 0.15) is 57.1 Å². The minimum Gasteiger partial charge on any atom is -0.444 e. The van der Waals surface area contributed by atoms with Crippen molar-refractivity contribution < 1.29 is 54.6 Å². The van der Waals surface area contributed by atoms with E-state index in [0.717, 1.165) is 4.90 Å². The Morgan fingerprint density at radius 3 is 2.48 bits per heavy atom. The molecule has 2 atom stereocenters. The van der Waals surface area contributed by atoms with Gasteiger partial charge in [-0.1, -0.05) is 42.5 Å². The van der Waals surface area contributed by atoms with Gasteiger partial charge in [0, 0.05) is 0 Å². The van der Waals surface area contributed by atoms with Gasteiger partial charge in [-0.05, 0) is 51.7 Å². The van der Waals surface area contributed by atoms with E-state index in [4.69, 9.17) is 18.6 Å². The standard InChI is InChI=1S/C31H31F6N5O6/c1-28(2,3)48-27(44)38-21-14-20(30(32,33)34)24-39-23(21)25-40-41-26(47-25)29(31(35,36)37,46-15-18-10-6-4-7-11-18)13-9-5-8-12-19-16-45-17-22(43)42(19)24/h4-8,10-11,14,19H,9,12-13,15-17H2,1-3H3,(H,38,44)/b8-5-/t19-,29?/m1/s1. The summed E-state index contributed by atoms with van der Waals surface area (Å²) in [5.74, 6) is -3.57. The van der Waals surface area contributed by atoms with Gasteiger partial charge in [-0.15, -0.1) is 10.2 Å². The summed E-state index contributed by atoms with van der Waals surface area (Å²) in [6.07, 6.45) is -9.66. The number of nitrogens with zero attached hydrogens (tertiary/aromatic N) is 4. The number of alkyl halides is 6. The molecule has 0 aliphatic carbocycles. The Bertz CT molecular complexity index is 1670. The first-order chi connectivity index (χ1) is 22.5. The summed E-state index contributed by atoms with van der Waals surface area (Å²) in [6, 6.07) is 7.51. The molecule has 4 bridgehead atoms. The van der Waals surface area contributed by atoms with E-state index < -0.39 is 95.8 Å². The molecule has 1 saturated heterocycles. The van der Waals surface area contributed by atoms with Crippen molar-refractivity contribution in [1.29, 1.82) is 0 Å². The summed E-state index contributed by atoms with van der Waals surface area (Å²) in [5.41, 5.74) is -6.58. The van der Waals surface area contributed by atoms with Crippen LogP contribution in [0.2, 0.25) is 0 Å². The molecule has 1 fully saturated rings. The number of carbonyl (C=O) groups excluding carboxylic acids is 2. The third kappa shape index (κ3) is 7.46. The number of rotatable bonds is 4. The lowest BCUT2D eigenvalue weighted by molar-refractivity contribution is -0.299. The smallest absolute Gasteiger partial charge is 0.426 e. The maximum Gasteiger partial charge on any atom is 0.426 e. The maximum absolute atomic E-state index is 15.1. The molecule has 5 rings (SSSR count).